The minimum atomic E-state index is -3.60. The molecule has 0 bridgehead atoms. The number of rotatable bonds is 3. The minimum Gasteiger partial charge on any atom is -0.273 e. The molecule has 2 aliphatic heterocycles. The van der Waals surface area contributed by atoms with Crippen LogP contribution in [0.4, 0.5) is 4.79 Å². The van der Waals surface area contributed by atoms with Gasteiger partial charge in [-0.3, -0.25) is 14.5 Å². The highest BCUT2D eigenvalue weighted by Crippen LogP contribution is 2.32. The predicted octanol–water partition coefficient (Wildman–Crippen LogP) is 1.86. The van der Waals surface area contributed by atoms with Gasteiger partial charge < -0.3 is 0 Å². The van der Waals surface area contributed by atoms with Crippen LogP contribution in [0.2, 0.25) is 4.34 Å². The number of thiophene rings is 1. The van der Waals surface area contributed by atoms with Gasteiger partial charge >= 0.3 is 0 Å². The van der Waals surface area contributed by atoms with Crippen LogP contribution in [0.25, 0.3) is 0 Å². The van der Waals surface area contributed by atoms with E-state index >= 15 is 0 Å². The molecular formula is C11H11ClN2O4S3. The van der Waals surface area contributed by atoms with Crippen molar-refractivity contribution in [2.45, 2.75) is 16.7 Å². The second-order valence-electron chi connectivity index (χ2n) is 4.68. The van der Waals surface area contributed by atoms with Crippen LogP contribution in [-0.4, -0.2) is 53.7 Å². The lowest BCUT2D eigenvalue weighted by Crippen LogP contribution is -2.41. The fourth-order valence-corrected chi connectivity index (χ4v) is 6.33. The summed E-state index contributed by atoms with van der Waals surface area (Å²) in [6, 6.07) is 2.64. The second kappa shape index (κ2) is 5.54. The summed E-state index contributed by atoms with van der Waals surface area (Å²) in [6.45, 7) is 0.445. The number of sulfonamides is 1. The molecule has 0 spiro atoms. The summed E-state index contributed by atoms with van der Waals surface area (Å²) in [6.07, 6.45) is 0.469. The molecule has 1 aromatic rings. The summed E-state index contributed by atoms with van der Waals surface area (Å²) in [5.41, 5.74) is 0. The van der Waals surface area contributed by atoms with Crippen molar-refractivity contribution < 1.29 is 18.0 Å². The van der Waals surface area contributed by atoms with E-state index in [9.17, 15) is 18.0 Å². The average Bonchev–Trinajstić information content (AvgIpc) is 3.11. The summed E-state index contributed by atoms with van der Waals surface area (Å²) in [5.74, 6) is -0.101. The normalized spacial score (nSPS) is 24.2. The SMILES string of the molecule is O=C1CSC(=O)N1[C@@H]1CCN(S(=O)(=O)c2ccc(Cl)s2)C1. The Labute approximate surface area is 135 Å². The van der Waals surface area contributed by atoms with E-state index in [4.69, 9.17) is 11.6 Å². The van der Waals surface area contributed by atoms with E-state index in [0.29, 0.717) is 17.3 Å². The molecule has 2 aliphatic rings. The van der Waals surface area contributed by atoms with E-state index in [1.807, 2.05) is 0 Å². The highest BCUT2D eigenvalue weighted by molar-refractivity contribution is 8.14. The highest BCUT2D eigenvalue weighted by atomic mass is 35.5. The number of halogens is 1. The molecule has 114 valence electrons. The fraction of sp³-hybridized carbons (Fsp3) is 0.455. The zero-order valence-electron chi connectivity index (χ0n) is 10.7. The van der Waals surface area contributed by atoms with Crippen molar-refractivity contribution in [3.8, 4) is 0 Å². The standard InChI is InChI=1S/C11H11ClN2O4S3/c12-8-1-2-10(20-8)21(17,18)13-4-3-7(5-13)14-9(15)6-19-11(14)16/h1-2,7H,3-6H2/t7-/m1/s1. The van der Waals surface area contributed by atoms with Crippen molar-refractivity contribution in [3.05, 3.63) is 16.5 Å². The van der Waals surface area contributed by atoms with Gasteiger partial charge in [0.25, 0.3) is 15.3 Å². The van der Waals surface area contributed by atoms with Gasteiger partial charge in [-0.05, 0) is 18.6 Å². The third-order valence-corrected chi connectivity index (χ3v) is 7.82. The number of carbonyl (C=O) groups is 2. The molecule has 0 unspecified atom stereocenters. The van der Waals surface area contributed by atoms with Gasteiger partial charge in [0.2, 0.25) is 5.91 Å². The molecule has 2 amide bonds. The number of imide groups is 1. The monoisotopic (exact) mass is 366 g/mol. The first kappa shape index (κ1) is 15.3. The Morgan fingerprint density at radius 3 is 2.62 bits per heavy atom. The number of amides is 2. The molecule has 0 N–H and O–H groups in total. The number of hydrogen-bond acceptors (Lipinski definition) is 6. The Morgan fingerprint density at radius 2 is 2.05 bits per heavy atom. The molecular weight excluding hydrogens is 356 g/mol. The molecule has 10 heteroatoms. The van der Waals surface area contributed by atoms with Gasteiger partial charge in [0.05, 0.1) is 16.1 Å². The molecule has 2 fully saturated rings. The van der Waals surface area contributed by atoms with Gasteiger partial charge in [-0.2, -0.15) is 4.31 Å². The van der Waals surface area contributed by atoms with Gasteiger partial charge in [0, 0.05) is 13.1 Å². The van der Waals surface area contributed by atoms with Crippen molar-refractivity contribution in [2.75, 3.05) is 18.8 Å². The smallest absolute Gasteiger partial charge is 0.273 e. The highest BCUT2D eigenvalue weighted by Gasteiger charge is 2.42. The lowest BCUT2D eigenvalue weighted by molar-refractivity contribution is -0.126. The van der Waals surface area contributed by atoms with Crippen molar-refractivity contribution in [2.24, 2.45) is 0 Å². The van der Waals surface area contributed by atoms with Crippen LogP contribution in [0.5, 0.6) is 0 Å². The van der Waals surface area contributed by atoms with Crippen LogP contribution < -0.4 is 0 Å². The van der Waals surface area contributed by atoms with Gasteiger partial charge in [-0.1, -0.05) is 23.4 Å². The van der Waals surface area contributed by atoms with Crippen LogP contribution in [0.1, 0.15) is 6.42 Å². The van der Waals surface area contributed by atoms with E-state index in [-0.39, 0.29) is 33.7 Å². The molecule has 2 saturated heterocycles. The van der Waals surface area contributed by atoms with Crippen LogP contribution in [0.15, 0.2) is 16.3 Å². The number of nitrogens with zero attached hydrogens (tertiary/aromatic N) is 2. The Kier molecular flexibility index (Phi) is 4.04. The Bertz CT molecular complexity index is 686. The first-order valence-electron chi connectivity index (χ1n) is 6.14. The van der Waals surface area contributed by atoms with Gasteiger partial charge in [0.1, 0.15) is 4.21 Å². The maximum absolute atomic E-state index is 12.5. The predicted molar refractivity (Wildman–Crippen MR) is 81.2 cm³/mol. The molecule has 0 radical (unpaired) electrons. The Balaban J connectivity index is 1.78. The largest absolute Gasteiger partial charge is 0.289 e. The lowest BCUT2D eigenvalue weighted by Gasteiger charge is -2.21. The van der Waals surface area contributed by atoms with Gasteiger partial charge in [-0.15, -0.1) is 11.3 Å². The zero-order chi connectivity index (χ0) is 15.2. The summed E-state index contributed by atoms with van der Waals surface area (Å²) in [4.78, 5) is 24.6. The summed E-state index contributed by atoms with van der Waals surface area (Å²) < 4.78 is 26.8. The number of thioether (sulfide) groups is 1. The maximum atomic E-state index is 12.5. The molecule has 0 saturated carbocycles. The number of hydrogen-bond donors (Lipinski definition) is 0. The molecule has 0 aliphatic carbocycles. The maximum Gasteiger partial charge on any atom is 0.289 e. The van der Waals surface area contributed by atoms with E-state index in [1.165, 1.54) is 21.3 Å². The third-order valence-electron chi connectivity index (χ3n) is 3.42. The summed E-state index contributed by atoms with van der Waals surface area (Å²) in [7, 11) is -3.60. The van der Waals surface area contributed by atoms with E-state index in [1.54, 1.807) is 0 Å². The van der Waals surface area contributed by atoms with Crippen molar-refractivity contribution in [1.82, 2.24) is 9.21 Å². The van der Waals surface area contributed by atoms with E-state index < -0.39 is 10.0 Å². The molecule has 0 aromatic carbocycles. The molecule has 21 heavy (non-hydrogen) atoms. The van der Waals surface area contributed by atoms with E-state index in [2.05, 4.69) is 0 Å². The molecule has 1 aromatic heterocycles. The third kappa shape index (κ3) is 2.72. The van der Waals surface area contributed by atoms with Crippen LogP contribution in [0.3, 0.4) is 0 Å². The Morgan fingerprint density at radius 1 is 1.29 bits per heavy atom. The lowest BCUT2D eigenvalue weighted by atomic mass is 10.2. The van der Waals surface area contributed by atoms with Gasteiger partial charge in [-0.25, -0.2) is 8.42 Å². The van der Waals surface area contributed by atoms with Crippen LogP contribution in [-0.2, 0) is 14.8 Å². The number of carbonyl (C=O) groups excluding carboxylic acids is 2. The summed E-state index contributed by atoms with van der Waals surface area (Å²) >= 11 is 7.74. The van der Waals surface area contributed by atoms with Crippen molar-refractivity contribution in [1.29, 1.82) is 0 Å². The van der Waals surface area contributed by atoms with Crippen molar-refractivity contribution in [3.63, 3.8) is 0 Å². The quantitative estimate of drug-likeness (QED) is 0.816. The Hall–Kier alpha value is -0.610. The van der Waals surface area contributed by atoms with Crippen molar-refractivity contribution >= 4 is 55.9 Å². The molecule has 6 nitrogen and oxygen atoms in total. The first-order chi connectivity index (χ1) is 9.89. The fourth-order valence-electron chi connectivity index (χ4n) is 2.42. The second-order valence-corrected chi connectivity index (χ2v) is 9.49. The van der Waals surface area contributed by atoms with E-state index in [0.717, 1.165) is 23.1 Å². The molecule has 3 heterocycles. The summed E-state index contributed by atoms with van der Waals surface area (Å²) in [5, 5.41) is -0.289. The average molecular weight is 367 g/mol. The topological polar surface area (TPSA) is 74.8 Å². The van der Waals surface area contributed by atoms with Crippen LogP contribution >= 0.6 is 34.7 Å². The minimum absolute atomic E-state index is 0.141. The molecule has 3 rings (SSSR count). The van der Waals surface area contributed by atoms with Crippen LogP contribution in [0, 0.1) is 0 Å². The molecule has 1 atom stereocenters. The zero-order valence-corrected chi connectivity index (χ0v) is 13.9. The first-order valence-corrected chi connectivity index (χ1v) is 9.76. The van der Waals surface area contributed by atoms with Gasteiger partial charge in [0.15, 0.2) is 0 Å².